The van der Waals surface area contributed by atoms with Gasteiger partial charge in [0.2, 0.25) is 6.29 Å². The molecule has 19 heteroatoms. The molecule has 0 spiro atoms. The van der Waals surface area contributed by atoms with Crippen molar-refractivity contribution in [2.24, 2.45) is 101 Å². The summed E-state index contributed by atoms with van der Waals surface area (Å²) in [6, 6.07) is 7.13. The van der Waals surface area contributed by atoms with Gasteiger partial charge < -0.3 is 80.9 Å². The lowest BCUT2D eigenvalue weighted by molar-refractivity contribution is -0.373. The van der Waals surface area contributed by atoms with E-state index in [2.05, 4.69) is 96.9 Å². The fourth-order valence-corrected chi connectivity index (χ4v) is 13.8. The molecule has 7 aliphatic rings. The Morgan fingerprint density at radius 3 is 1.22 bits per heavy atom. The second-order valence-corrected chi connectivity index (χ2v) is 27.8. The molecule has 19 nitrogen and oxygen atoms in total. The van der Waals surface area contributed by atoms with Crippen LogP contribution in [0.4, 0.5) is 0 Å². The number of aliphatic hydroxyl groups is 1. The van der Waals surface area contributed by atoms with Crippen LogP contribution < -0.4 is 4.74 Å². The van der Waals surface area contributed by atoms with Crippen molar-refractivity contribution in [1.82, 2.24) is 0 Å². The van der Waals surface area contributed by atoms with Gasteiger partial charge in [0.15, 0.2) is 43.8 Å². The van der Waals surface area contributed by atoms with Crippen molar-refractivity contribution in [3.05, 3.63) is 29.8 Å². The van der Waals surface area contributed by atoms with E-state index in [1.807, 2.05) is 20.8 Å². The van der Waals surface area contributed by atoms with Crippen LogP contribution in [0.15, 0.2) is 24.3 Å². The van der Waals surface area contributed by atoms with E-state index in [9.17, 15) is 14.7 Å². The minimum Gasteiger partial charge on any atom is -0.465 e. The van der Waals surface area contributed by atoms with Gasteiger partial charge in [0, 0.05) is 55.3 Å². The highest BCUT2D eigenvalue weighted by Crippen LogP contribution is 2.45. The lowest BCUT2D eigenvalue weighted by Gasteiger charge is -2.52. The van der Waals surface area contributed by atoms with Gasteiger partial charge in [0.1, 0.15) is 30.7 Å². The number of ether oxygens (including phenoxy) is 16. The molecule has 0 aromatic heterocycles. The second kappa shape index (κ2) is 30.7. The van der Waals surface area contributed by atoms with Crippen LogP contribution in [-0.2, 0) is 87.2 Å². The van der Waals surface area contributed by atoms with E-state index in [0.717, 1.165) is 5.56 Å². The maximum atomic E-state index is 13.3. The first kappa shape index (κ1) is 69.3. The summed E-state index contributed by atoms with van der Waals surface area (Å²) in [5.74, 6) is 1.31. The summed E-state index contributed by atoms with van der Waals surface area (Å²) in [6.07, 6.45) is -10.1. The van der Waals surface area contributed by atoms with E-state index in [-0.39, 0.29) is 98.0 Å². The molecule has 0 saturated carbocycles. The monoisotopic (exact) mass is 1220 g/mol. The molecule has 1 aromatic rings. The SMILES string of the molecule is CC(=O)OC[C@@H]1O[C@@H](Oc2ccc(CO)cc2)C(C)C(C)[C@@H]1O[C@@H]1OC(CO[C@H]2OC[C@@H](C)[C@H](C)C2C)[C@@H](O[C@@H]2O[C@@H](CO[C@H]3OC[C@@H](C)C(C)C3C)[C@@H](O[C@@H]3OC(CO[C@H]4OC[C@@H](C)[C@H](C)C4C)[C@@H](C)[C@H](C)C3C)C(C)C2C)[C@H](C)C1OC(C)=O. The Labute approximate surface area is 514 Å². The number of esters is 2. The quantitative estimate of drug-likeness (QED) is 0.114. The van der Waals surface area contributed by atoms with Crippen LogP contribution in [0.3, 0.4) is 0 Å². The summed E-state index contributed by atoms with van der Waals surface area (Å²) >= 11 is 0. The second-order valence-electron chi connectivity index (χ2n) is 27.8. The molecule has 7 fully saturated rings. The average molecular weight is 1220 g/mol. The van der Waals surface area contributed by atoms with E-state index in [0.29, 0.717) is 67.7 Å². The molecule has 8 rings (SSSR count). The first-order valence-electron chi connectivity index (χ1n) is 32.7. The van der Waals surface area contributed by atoms with Crippen LogP contribution in [0.25, 0.3) is 0 Å². The topological polar surface area (TPSA) is 202 Å². The van der Waals surface area contributed by atoms with Crippen molar-refractivity contribution in [2.75, 3.05) is 46.2 Å². The van der Waals surface area contributed by atoms with Gasteiger partial charge in [-0.3, -0.25) is 9.59 Å². The molecule has 32 atom stereocenters. The number of hydrogen-bond donors (Lipinski definition) is 1. The first-order chi connectivity index (χ1) is 40.8. The predicted molar refractivity (Wildman–Crippen MR) is 317 cm³/mol. The van der Waals surface area contributed by atoms with Crippen LogP contribution in [-0.4, -0.2) is 156 Å². The van der Waals surface area contributed by atoms with E-state index in [4.69, 9.17) is 75.8 Å². The summed E-state index contributed by atoms with van der Waals surface area (Å²) in [7, 11) is 0. The lowest BCUT2D eigenvalue weighted by atomic mass is 9.78. The normalized spacial score (nSPS) is 46.7. The number of hydrogen-bond acceptors (Lipinski definition) is 19. The molecule has 492 valence electrons. The van der Waals surface area contributed by atoms with Crippen molar-refractivity contribution in [3.8, 4) is 5.75 Å². The van der Waals surface area contributed by atoms with Crippen LogP contribution in [0.5, 0.6) is 5.75 Å². The zero-order valence-corrected chi connectivity index (χ0v) is 55.2. The molecule has 1 N–H and O–H groups in total. The van der Waals surface area contributed by atoms with Crippen molar-refractivity contribution in [2.45, 2.75) is 231 Å². The third kappa shape index (κ3) is 16.2. The van der Waals surface area contributed by atoms with Gasteiger partial charge >= 0.3 is 11.9 Å². The Morgan fingerprint density at radius 1 is 0.395 bits per heavy atom. The Kier molecular flexibility index (Phi) is 24.7. The van der Waals surface area contributed by atoms with Gasteiger partial charge in [0.05, 0.1) is 70.7 Å². The van der Waals surface area contributed by atoms with Crippen molar-refractivity contribution < 1.29 is 90.5 Å². The van der Waals surface area contributed by atoms with Gasteiger partial charge in [-0.1, -0.05) is 130 Å². The molecule has 86 heavy (non-hydrogen) atoms. The van der Waals surface area contributed by atoms with Gasteiger partial charge in [-0.05, 0) is 76.9 Å². The summed E-state index contributed by atoms with van der Waals surface area (Å²) in [5.41, 5.74) is 0.743. The Bertz CT molecular complexity index is 2260. The minimum atomic E-state index is -1.16. The predicted octanol–water partition coefficient (Wildman–Crippen LogP) is 10.0. The molecule has 7 saturated heterocycles. The van der Waals surface area contributed by atoms with Gasteiger partial charge in [-0.2, -0.15) is 0 Å². The van der Waals surface area contributed by atoms with E-state index in [1.54, 1.807) is 24.3 Å². The van der Waals surface area contributed by atoms with Gasteiger partial charge in [0.25, 0.3) is 0 Å². The van der Waals surface area contributed by atoms with Crippen LogP contribution in [0.2, 0.25) is 0 Å². The van der Waals surface area contributed by atoms with E-state index < -0.39 is 98.3 Å². The molecule has 7 heterocycles. The fourth-order valence-electron chi connectivity index (χ4n) is 13.8. The third-order valence-corrected chi connectivity index (χ3v) is 22.2. The summed E-state index contributed by atoms with van der Waals surface area (Å²) in [4.78, 5) is 25.7. The number of carbonyl (C=O) groups excluding carboxylic acids is 2. The maximum absolute atomic E-state index is 13.3. The van der Waals surface area contributed by atoms with Gasteiger partial charge in [-0.15, -0.1) is 0 Å². The molecule has 0 amide bonds. The highest BCUT2D eigenvalue weighted by atomic mass is 16.8. The fraction of sp³-hybridized carbons (Fsp3) is 0.881. The van der Waals surface area contributed by atoms with Crippen molar-refractivity contribution in [1.29, 1.82) is 0 Å². The van der Waals surface area contributed by atoms with E-state index >= 15 is 0 Å². The van der Waals surface area contributed by atoms with Crippen LogP contribution >= 0.6 is 0 Å². The number of carbonyl (C=O) groups is 2. The van der Waals surface area contributed by atoms with E-state index in [1.165, 1.54) is 13.8 Å². The molecule has 0 aliphatic carbocycles. The Hall–Kier alpha value is -2.60. The third-order valence-electron chi connectivity index (χ3n) is 22.2. The maximum Gasteiger partial charge on any atom is 0.303 e. The van der Waals surface area contributed by atoms with Crippen LogP contribution in [0.1, 0.15) is 137 Å². The molecular weight excluding hydrogens is 1110 g/mol. The van der Waals surface area contributed by atoms with Gasteiger partial charge in [-0.25, -0.2) is 0 Å². The Balaban J connectivity index is 1.06. The molecular formula is C67H110O19. The largest absolute Gasteiger partial charge is 0.465 e. The summed E-state index contributed by atoms with van der Waals surface area (Å²) < 4.78 is 107. The minimum absolute atomic E-state index is 0.0392. The van der Waals surface area contributed by atoms with Crippen molar-refractivity contribution in [3.63, 3.8) is 0 Å². The van der Waals surface area contributed by atoms with Crippen LogP contribution in [0, 0.1) is 101 Å². The molecule has 12 unspecified atom stereocenters. The number of benzene rings is 1. The molecule has 7 aliphatic heterocycles. The number of rotatable bonds is 21. The first-order valence-corrected chi connectivity index (χ1v) is 32.7. The summed E-state index contributed by atoms with van der Waals surface area (Å²) in [6.45, 7) is 41.8. The smallest absolute Gasteiger partial charge is 0.303 e. The zero-order chi connectivity index (χ0) is 62.6. The average Bonchev–Trinajstić information content (AvgIpc) is 1.48. The highest BCUT2D eigenvalue weighted by Gasteiger charge is 2.55. The highest BCUT2D eigenvalue weighted by molar-refractivity contribution is 5.66. The molecule has 1 aromatic carbocycles. The molecule has 0 radical (unpaired) electrons. The number of aliphatic hydroxyl groups excluding tert-OH is 1. The Morgan fingerprint density at radius 2 is 0.767 bits per heavy atom. The zero-order valence-electron chi connectivity index (χ0n) is 55.2. The summed E-state index contributed by atoms with van der Waals surface area (Å²) in [5, 5.41) is 9.67. The lowest BCUT2D eigenvalue weighted by Crippen LogP contribution is -2.63. The standard InChI is InChI=1S/C67H110O19/c1-32-25-72-61(42(11)35(32)4)75-28-53-39(8)38(7)45(14)65(80-53)84-57-41(10)47(16)66(82-55(57)30-76-62-43(12)36(5)33(2)26-73-62)85-59-48(17)60(78-50(19)70)67(83-56(59)31-77-63-44(13)37(6)34(3)27-74-63)86-58-40(9)46(15)64(81-54(58)29-71-49(18)69)79-52-22-20-51(24-68)21-23-52/h20-23,32-48,53-68H,24-31H2,1-19H3/t32-,33-,34-,35+,36?,37+,38+,39+,40?,41?,42?,43?,44?,45?,46?,47?,48+,53?,54+,55+,56?,57+,58+,59+,60?,61-,62-,63-,64-,65+,66+,67+/m1/s1. The van der Waals surface area contributed by atoms with Crippen molar-refractivity contribution >= 4 is 11.9 Å². The molecule has 0 bridgehead atoms.